The number of hydrogen-bond donors (Lipinski definition) is 1. The van der Waals surface area contributed by atoms with Crippen molar-refractivity contribution < 1.29 is 19.4 Å². The molecule has 1 aromatic rings. The summed E-state index contributed by atoms with van der Waals surface area (Å²) >= 11 is 0. The Labute approximate surface area is 166 Å². The average molecular weight is 389 g/mol. The summed E-state index contributed by atoms with van der Waals surface area (Å²) in [6, 6.07) is 8.14. The molecule has 0 aromatic heterocycles. The highest BCUT2D eigenvalue weighted by atomic mass is 16.5. The van der Waals surface area contributed by atoms with Gasteiger partial charge in [0.2, 0.25) is 5.91 Å². The molecule has 2 heterocycles. The van der Waals surface area contributed by atoms with Gasteiger partial charge in [-0.05, 0) is 49.8 Å². The smallest absolute Gasteiger partial charge is 0.407 e. The Hall–Kier alpha value is -2.28. The second-order valence-electron chi connectivity index (χ2n) is 7.79. The number of nitrogens with zero attached hydrogens (tertiary/aromatic N) is 3. The average Bonchev–Trinajstić information content (AvgIpc) is 2.71. The molecule has 2 fully saturated rings. The molecule has 2 saturated heterocycles. The molecule has 0 aliphatic carbocycles. The summed E-state index contributed by atoms with van der Waals surface area (Å²) < 4.78 is 5.86. The van der Waals surface area contributed by atoms with Crippen molar-refractivity contribution in [2.45, 2.75) is 38.1 Å². The van der Waals surface area contributed by atoms with Gasteiger partial charge in [0.1, 0.15) is 5.75 Å². The van der Waals surface area contributed by atoms with Gasteiger partial charge in [-0.25, -0.2) is 4.79 Å². The SMILES string of the molecule is CC1C(=O)N(C)CCN1CCCOc1ccc(C2CCN(C(=O)O)CC2)cc1. The van der Waals surface area contributed by atoms with E-state index in [-0.39, 0.29) is 11.9 Å². The van der Waals surface area contributed by atoms with Gasteiger partial charge in [0.15, 0.2) is 0 Å². The maximum atomic E-state index is 12.0. The number of piperidine rings is 1. The van der Waals surface area contributed by atoms with Crippen LogP contribution in [0, 0.1) is 0 Å². The van der Waals surface area contributed by atoms with Crippen LogP contribution in [0.1, 0.15) is 37.7 Å². The van der Waals surface area contributed by atoms with Crippen molar-refractivity contribution in [1.29, 1.82) is 0 Å². The third-order valence-corrected chi connectivity index (χ3v) is 5.98. The Kier molecular flexibility index (Phi) is 6.78. The lowest BCUT2D eigenvalue weighted by Gasteiger charge is -2.37. The van der Waals surface area contributed by atoms with Crippen molar-refractivity contribution in [3.63, 3.8) is 0 Å². The monoisotopic (exact) mass is 389 g/mol. The summed E-state index contributed by atoms with van der Waals surface area (Å²) in [4.78, 5) is 28.5. The molecule has 1 atom stereocenters. The predicted molar refractivity (Wildman–Crippen MR) is 107 cm³/mol. The van der Waals surface area contributed by atoms with Gasteiger partial charge in [0.25, 0.3) is 0 Å². The summed E-state index contributed by atoms with van der Waals surface area (Å²) in [5.41, 5.74) is 1.25. The first kappa shape index (κ1) is 20.5. The molecule has 28 heavy (non-hydrogen) atoms. The van der Waals surface area contributed by atoms with Gasteiger partial charge in [-0.2, -0.15) is 0 Å². The van der Waals surface area contributed by atoms with Crippen molar-refractivity contribution in [1.82, 2.24) is 14.7 Å². The van der Waals surface area contributed by atoms with Gasteiger partial charge in [0, 0.05) is 39.8 Å². The van der Waals surface area contributed by atoms with Crippen LogP contribution in [0.15, 0.2) is 24.3 Å². The zero-order valence-corrected chi connectivity index (χ0v) is 16.8. The lowest BCUT2D eigenvalue weighted by Crippen LogP contribution is -2.54. The maximum Gasteiger partial charge on any atom is 0.407 e. The van der Waals surface area contributed by atoms with Crippen LogP contribution in [-0.4, -0.2) is 84.2 Å². The van der Waals surface area contributed by atoms with Crippen molar-refractivity contribution in [3.05, 3.63) is 29.8 Å². The van der Waals surface area contributed by atoms with Crippen LogP contribution in [0.4, 0.5) is 4.79 Å². The van der Waals surface area contributed by atoms with Gasteiger partial charge in [-0.3, -0.25) is 9.69 Å². The molecule has 0 bridgehead atoms. The number of carboxylic acid groups (broad SMARTS) is 1. The van der Waals surface area contributed by atoms with Crippen LogP contribution in [0.25, 0.3) is 0 Å². The lowest BCUT2D eigenvalue weighted by molar-refractivity contribution is -0.139. The van der Waals surface area contributed by atoms with Crippen molar-refractivity contribution in [3.8, 4) is 5.75 Å². The molecule has 2 aliphatic rings. The van der Waals surface area contributed by atoms with E-state index in [1.54, 1.807) is 4.90 Å². The number of likely N-dealkylation sites (tertiary alicyclic amines) is 1. The highest BCUT2D eigenvalue weighted by Gasteiger charge is 2.28. The van der Waals surface area contributed by atoms with E-state index >= 15 is 0 Å². The minimum Gasteiger partial charge on any atom is -0.494 e. The molecule has 0 radical (unpaired) electrons. The number of carbonyl (C=O) groups excluding carboxylic acids is 1. The minimum absolute atomic E-state index is 0.0504. The highest BCUT2D eigenvalue weighted by Crippen LogP contribution is 2.29. The summed E-state index contributed by atoms with van der Waals surface area (Å²) in [6.07, 6.45) is 1.80. The van der Waals surface area contributed by atoms with E-state index in [4.69, 9.17) is 9.84 Å². The largest absolute Gasteiger partial charge is 0.494 e. The van der Waals surface area contributed by atoms with Crippen molar-refractivity contribution in [2.24, 2.45) is 0 Å². The normalized spacial score (nSPS) is 21.8. The molecule has 154 valence electrons. The Bertz CT molecular complexity index is 671. The molecule has 7 heteroatoms. The Morgan fingerprint density at radius 1 is 1.14 bits per heavy atom. The number of ether oxygens (including phenoxy) is 1. The van der Waals surface area contributed by atoms with Gasteiger partial charge >= 0.3 is 6.09 Å². The molecular formula is C21H31N3O4. The van der Waals surface area contributed by atoms with Gasteiger partial charge in [-0.15, -0.1) is 0 Å². The first-order chi connectivity index (χ1) is 13.5. The van der Waals surface area contributed by atoms with E-state index in [1.165, 1.54) is 10.5 Å². The number of piperazine rings is 1. The molecule has 0 saturated carbocycles. The molecule has 2 amide bonds. The number of benzene rings is 1. The van der Waals surface area contributed by atoms with Crippen LogP contribution in [0.2, 0.25) is 0 Å². The van der Waals surface area contributed by atoms with Crippen molar-refractivity contribution in [2.75, 3.05) is 46.4 Å². The predicted octanol–water partition coefficient (Wildman–Crippen LogP) is 2.48. The molecule has 7 nitrogen and oxygen atoms in total. The third kappa shape index (κ3) is 4.95. The van der Waals surface area contributed by atoms with E-state index in [9.17, 15) is 9.59 Å². The number of likely N-dealkylation sites (N-methyl/N-ethyl adjacent to an activating group) is 1. The molecule has 1 N–H and O–H groups in total. The molecule has 1 aromatic carbocycles. The van der Waals surface area contributed by atoms with Crippen LogP contribution in [0.3, 0.4) is 0 Å². The number of hydrogen-bond acceptors (Lipinski definition) is 4. The first-order valence-electron chi connectivity index (χ1n) is 10.2. The van der Waals surface area contributed by atoms with Gasteiger partial charge in [-0.1, -0.05) is 12.1 Å². The summed E-state index contributed by atoms with van der Waals surface area (Å²) in [6.45, 7) is 6.37. The number of amides is 2. The van der Waals surface area contributed by atoms with Crippen molar-refractivity contribution >= 4 is 12.0 Å². The van der Waals surface area contributed by atoms with E-state index in [0.29, 0.717) is 25.6 Å². The van der Waals surface area contributed by atoms with Gasteiger partial charge < -0.3 is 19.6 Å². The van der Waals surface area contributed by atoms with E-state index in [0.717, 1.165) is 44.6 Å². The Balaban J connectivity index is 1.39. The first-order valence-corrected chi connectivity index (χ1v) is 10.2. The fourth-order valence-electron chi connectivity index (χ4n) is 4.06. The number of carbonyl (C=O) groups is 2. The quantitative estimate of drug-likeness (QED) is 0.757. The van der Waals surface area contributed by atoms with Gasteiger partial charge in [0.05, 0.1) is 12.6 Å². The lowest BCUT2D eigenvalue weighted by atomic mass is 9.89. The molecule has 0 spiro atoms. The van der Waals surface area contributed by atoms with Crippen LogP contribution in [0.5, 0.6) is 5.75 Å². The molecule has 3 rings (SSSR count). The second-order valence-corrected chi connectivity index (χ2v) is 7.79. The Morgan fingerprint density at radius 3 is 2.46 bits per heavy atom. The third-order valence-electron chi connectivity index (χ3n) is 5.98. The molecular weight excluding hydrogens is 358 g/mol. The van der Waals surface area contributed by atoms with Crippen LogP contribution in [-0.2, 0) is 4.79 Å². The van der Waals surface area contributed by atoms with E-state index in [1.807, 2.05) is 26.1 Å². The van der Waals surface area contributed by atoms with Crippen LogP contribution < -0.4 is 4.74 Å². The summed E-state index contributed by atoms with van der Waals surface area (Å²) in [5.74, 6) is 1.46. The highest BCUT2D eigenvalue weighted by molar-refractivity contribution is 5.81. The van der Waals surface area contributed by atoms with Crippen LogP contribution >= 0.6 is 0 Å². The topological polar surface area (TPSA) is 73.3 Å². The maximum absolute atomic E-state index is 12.0. The zero-order chi connectivity index (χ0) is 20.1. The Morgan fingerprint density at radius 2 is 1.82 bits per heavy atom. The fourth-order valence-corrected chi connectivity index (χ4v) is 4.06. The minimum atomic E-state index is -0.822. The second kappa shape index (κ2) is 9.28. The van der Waals surface area contributed by atoms with E-state index < -0.39 is 6.09 Å². The molecule has 2 aliphatic heterocycles. The zero-order valence-electron chi connectivity index (χ0n) is 16.8. The number of rotatable bonds is 6. The summed E-state index contributed by atoms with van der Waals surface area (Å²) in [5, 5.41) is 9.04. The fraction of sp³-hybridized carbons (Fsp3) is 0.619. The summed E-state index contributed by atoms with van der Waals surface area (Å²) in [7, 11) is 1.86. The van der Waals surface area contributed by atoms with E-state index in [2.05, 4.69) is 17.0 Å². The standard InChI is InChI=1S/C21H31N3O4/c1-16-20(25)22(2)13-14-23(16)10-3-15-28-19-6-4-17(5-7-19)18-8-11-24(12-9-18)21(26)27/h4-7,16,18H,3,8-15H2,1-2H3,(H,26,27). The molecule has 1 unspecified atom stereocenters.